The molecule has 1 saturated heterocycles. The molecule has 2 atom stereocenters. The summed E-state index contributed by atoms with van der Waals surface area (Å²) in [5.41, 5.74) is 0.510. The van der Waals surface area contributed by atoms with Crippen LogP contribution in [0.3, 0.4) is 0 Å². The molecule has 3 aromatic rings. The number of rotatable bonds is 8. The minimum Gasteiger partial charge on any atom is -0.468 e. The van der Waals surface area contributed by atoms with E-state index in [9.17, 15) is 22.8 Å². The highest BCUT2D eigenvalue weighted by molar-refractivity contribution is 7.89. The summed E-state index contributed by atoms with van der Waals surface area (Å²) < 4.78 is 39.1. The van der Waals surface area contributed by atoms with E-state index in [0.29, 0.717) is 22.9 Å². The Morgan fingerprint density at radius 1 is 1.22 bits per heavy atom. The first-order chi connectivity index (χ1) is 17.6. The summed E-state index contributed by atoms with van der Waals surface area (Å²) in [6.45, 7) is 5.64. The van der Waals surface area contributed by atoms with Gasteiger partial charge in [0.1, 0.15) is 28.3 Å². The van der Waals surface area contributed by atoms with Crippen molar-refractivity contribution in [2.24, 2.45) is 5.92 Å². The average Bonchev–Trinajstić information content (AvgIpc) is 3.42. The van der Waals surface area contributed by atoms with E-state index in [-0.39, 0.29) is 41.7 Å². The minimum atomic E-state index is -4.47. The number of sulfonamides is 1. The van der Waals surface area contributed by atoms with Gasteiger partial charge >= 0.3 is 0 Å². The van der Waals surface area contributed by atoms with Crippen molar-refractivity contribution in [3.05, 3.63) is 54.2 Å². The molecule has 3 heterocycles. The Bertz CT molecular complexity index is 1370. The van der Waals surface area contributed by atoms with Gasteiger partial charge in [0.25, 0.3) is 21.8 Å². The molecule has 0 radical (unpaired) electrons. The maximum absolute atomic E-state index is 14.0. The van der Waals surface area contributed by atoms with E-state index in [2.05, 4.69) is 10.6 Å². The van der Waals surface area contributed by atoms with Crippen molar-refractivity contribution in [3.8, 4) is 0 Å². The molecule has 1 aromatic carbocycles. The fraction of sp³-hybridized carbons (Fsp3) is 0.423. The molecule has 0 spiro atoms. The summed E-state index contributed by atoms with van der Waals surface area (Å²) in [6, 6.07) is 7.49. The SMILES string of the molecule is Cc1occc1S(=O)(=O)N(C(=O)C(CC(C)C)NC(=O)c1cc2ccccc2o1)[C@H]1CCCNCC1=O. The minimum absolute atomic E-state index is 0.00224. The fourth-order valence-corrected chi connectivity index (χ4v) is 6.29. The van der Waals surface area contributed by atoms with Crippen LogP contribution in [-0.4, -0.2) is 55.5 Å². The zero-order valence-corrected chi connectivity index (χ0v) is 21.8. The Balaban J connectivity index is 1.72. The summed E-state index contributed by atoms with van der Waals surface area (Å²) in [5, 5.41) is 6.35. The largest absolute Gasteiger partial charge is 0.468 e. The molecule has 11 heteroatoms. The van der Waals surface area contributed by atoms with Gasteiger partial charge in [-0.3, -0.25) is 14.4 Å². The normalized spacial score (nSPS) is 17.5. The summed E-state index contributed by atoms with van der Waals surface area (Å²) >= 11 is 0. The average molecular weight is 530 g/mol. The number of Topliss-reactive ketones (excluding diaryl/α,β-unsaturated/α-hetero) is 1. The fourth-order valence-electron chi connectivity index (χ4n) is 4.51. The number of ketones is 1. The second-order valence-corrected chi connectivity index (χ2v) is 11.4. The van der Waals surface area contributed by atoms with Crippen molar-refractivity contribution in [2.45, 2.75) is 57.0 Å². The molecule has 0 aliphatic carbocycles. The molecule has 198 valence electrons. The Morgan fingerprint density at radius 2 is 1.97 bits per heavy atom. The van der Waals surface area contributed by atoms with Gasteiger partial charge in [-0.2, -0.15) is 0 Å². The first kappa shape index (κ1) is 26.6. The van der Waals surface area contributed by atoms with Crippen LogP contribution in [0.25, 0.3) is 11.0 Å². The molecule has 37 heavy (non-hydrogen) atoms. The van der Waals surface area contributed by atoms with Crippen LogP contribution in [0.15, 0.2) is 56.4 Å². The second kappa shape index (κ2) is 10.9. The lowest BCUT2D eigenvalue weighted by Crippen LogP contribution is -2.56. The molecule has 0 saturated carbocycles. The van der Waals surface area contributed by atoms with Crippen molar-refractivity contribution in [1.29, 1.82) is 0 Å². The molecule has 0 bridgehead atoms. The summed E-state index contributed by atoms with van der Waals surface area (Å²) in [7, 11) is -4.47. The van der Waals surface area contributed by atoms with Gasteiger partial charge in [0, 0.05) is 5.39 Å². The highest BCUT2D eigenvalue weighted by atomic mass is 32.2. The van der Waals surface area contributed by atoms with Crippen LogP contribution in [0, 0.1) is 12.8 Å². The van der Waals surface area contributed by atoms with E-state index in [1.54, 1.807) is 24.3 Å². The maximum Gasteiger partial charge on any atom is 0.287 e. The summed E-state index contributed by atoms with van der Waals surface area (Å²) in [6.07, 6.45) is 2.04. The van der Waals surface area contributed by atoms with Crippen LogP contribution >= 0.6 is 0 Å². The number of aryl methyl sites for hydroxylation is 1. The zero-order chi connectivity index (χ0) is 26.7. The number of carbonyl (C=O) groups excluding carboxylic acids is 3. The Morgan fingerprint density at radius 3 is 2.65 bits per heavy atom. The number of carbonyl (C=O) groups is 3. The van der Waals surface area contributed by atoms with Crippen LogP contribution < -0.4 is 10.6 Å². The molecule has 1 unspecified atom stereocenters. The maximum atomic E-state index is 14.0. The zero-order valence-electron chi connectivity index (χ0n) is 21.0. The van der Waals surface area contributed by atoms with E-state index in [4.69, 9.17) is 8.83 Å². The third-order valence-electron chi connectivity index (χ3n) is 6.31. The van der Waals surface area contributed by atoms with E-state index < -0.39 is 39.7 Å². The highest BCUT2D eigenvalue weighted by Gasteiger charge is 2.44. The molecule has 2 aromatic heterocycles. The quantitative estimate of drug-likeness (QED) is 0.454. The molecule has 4 rings (SSSR count). The number of nitrogens with one attached hydrogen (secondary N) is 2. The lowest BCUT2D eigenvalue weighted by Gasteiger charge is -2.32. The Kier molecular flexibility index (Phi) is 7.84. The van der Waals surface area contributed by atoms with Gasteiger partial charge in [0.05, 0.1) is 12.8 Å². The topological polar surface area (TPSA) is 139 Å². The van der Waals surface area contributed by atoms with Crippen LogP contribution in [0.1, 0.15) is 49.4 Å². The molecule has 2 amide bonds. The Labute approximate surface area is 215 Å². The number of furan rings is 2. The van der Waals surface area contributed by atoms with Crippen LogP contribution in [0.5, 0.6) is 0 Å². The van der Waals surface area contributed by atoms with E-state index in [0.717, 1.165) is 5.39 Å². The van der Waals surface area contributed by atoms with E-state index in [1.807, 2.05) is 19.9 Å². The number of nitrogens with zero attached hydrogens (tertiary/aromatic N) is 1. The number of fused-ring (bicyclic) bond motifs is 1. The van der Waals surface area contributed by atoms with Crippen LogP contribution in [0.4, 0.5) is 0 Å². The molecule has 1 fully saturated rings. The van der Waals surface area contributed by atoms with Gasteiger partial charge < -0.3 is 19.5 Å². The number of benzene rings is 1. The van der Waals surface area contributed by atoms with Gasteiger partial charge in [-0.25, -0.2) is 12.7 Å². The van der Waals surface area contributed by atoms with Gasteiger partial charge in [-0.15, -0.1) is 0 Å². The van der Waals surface area contributed by atoms with Crippen molar-refractivity contribution in [1.82, 2.24) is 14.9 Å². The highest BCUT2D eigenvalue weighted by Crippen LogP contribution is 2.27. The monoisotopic (exact) mass is 529 g/mol. The standard InChI is InChI=1S/C26H31N3O7S/c1-16(2)13-19(28-25(31)23-14-18-7-4-5-9-22(18)36-23)26(32)29(20-8-6-11-27-15-21(20)30)37(33,34)24-10-12-35-17(24)3/h4-5,7,9-10,12,14,16,19-20,27H,6,8,11,13,15H2,1-3H3,(H,28,31)/t19?,20-/m0/s1. The van der Waals surface area contributed by atoms with Gasteiger partial charge in [-0.1, -0.05) is 32.0 Å². The molecular formula is C26H31N3O7S. The first-order valence-corrected chi connectivity index (χ1v) is 13.7. The van der Waals surface area contributed by atoms with E-state index >= 15 is 0 Å². The summed E-state index contributed by atoms with van der Waals surface area (Å²) in [4.78, 5) is 40.0. The van der Waals surface area contributed by atoms with E-state index in [1.165, 1.54) is 19.3 Å². The van der Waals surface area contributed by atoms with Crippen molar-refractivity contribution in [3.63, 3.8) is 0 Å². The van der Waals surface area contributed by atoms with Crippen molar-refractivity contribution < 1.29 is 31.6 Å². The number of amides is 2. The number of para-hydroxylation sites is 1. The van der Waals surface area contributed by atoms with Gasteiger partial charge in [-0.05, 0) is 56.8 Å². The number of hydrogen-bond acceptors (Lipinski definition) is 8. The summed E-state index contributed by atoms with van der Waals surface area (Å²) in [5.74, 6) is -1.92. The second-order valence-electron chi connectivity index (χ2n) is 9.59. The molecule has 1 aliphatic heterocycles. The first-order valence-electron chi connectivity index (χ1n) is 12.2. The molecule has 1 aliphatic rings. The van der Waals surface area contributed by atoms with Crippen LogP contribution in [-0.2, 0) is 19.6 Å². The van der Waals surface area contributed by atoms with Crippen molar-refractivity contribution >= 4 is 38.6 Å². The Hall–Kier alpha value is -3.44. The predicted octanol–water partition coefficient (Wildman–Crippen LogP) is 3.02. The molecule has 10 nitrogen and oxygen atoms in total. The molecule has 2 N–H and O–H groups in total. The third kappa shape index (κ3) is 5.62. The predicted molar refractivity (Wildman–Crippen MR) is 135 cm³/mol. The van der Waals surface area contributed by atoms with Gasteiger partial charge in [0.15, 0.2) is 11.5 Å². The lowest BCUT2D eigenvalue weighted by atomic mass is 10.0. The van der Waals surface area contributed by atoms with Gasteiger partial charge in [0.2, 0.25) is 0 Å². The lowest BCUT2D eigenvalue weighted by molar-refractivity contribution is -0.135. The number of hydrogen-bond donors (Lipinski definition) is 2. The van der Waals surface area contributed by atoms with Crippen LogP contribution in [0.2, 0.25) is 0 Å². The smallest absolute Gasteiger partial charge is 0.287 e. The molecular weight excluding hydrogens is 498 g/mol. The van der Waals surface area contributed by atoms with Crippen molar-refractivity contribution in [2.75, 3.05) is 13.1 Å². The third-order valence-corrected chi connectivity index (χ3v) is 8.24.